The average Bonchev–Trinajstić information content (AvgIpc) is 3.54. The molecule has 1 aromatic carbocycles. The van der Waals surface area contributed by atoms with Crippen LogP contribution < -0.4 is 10.6 Å². The van der Waals surface area contributed by atoms with E-state index in [4.69, 9.17) is 0 Å². The van der Waals surface area contributed by atoms with Crippen molar-refractivity contribution in [2.75, 3.05) is 32.7 Å². The van der Waals surface area contributed by atoms with Crippen LogP contribution in [-0.2, 0) is 15.8 Å². The smallest absolute Gasteiger partial charge is 0.356 e. The van der Waals surface area contributed by atoms with E-state index in [9.17, 15) is 22.8 Å². The molecule has 0 aromatic heterocycles. The largest absolute Gasteiger partial charge is 0.416 e. The van der Waals surface area contributed by atoms with Gasteiger partial charge in [-0.1, -0.05) is 17.9 Å². The van der Waals surface area contributed by atoms with Crippen molar-refractivity contribution in [2.24, 2.45) is 11.8 Å². The van der Waals surface area contributed by atoms with Crippen LogP contribution in [0.3, 0.4) is 0 Å². The van der Waals surface area contributed by atoms with Gasteiger partial charge in [-0.25, -0.2) is 0 Å². The van der Waals surface area contributed by atoms with E-state index in [0.717, 1.165) is 38.1 Å². The first-order chi connectivity index (χ1) is 14.3. The zero-order chi connectivity index (χ0) is 21.6. The summed E-state index contributed by atoms with van der Waals surface area (Å²) in [5.41, 5.74) is -0.505. The van der Waals surface area contributed by atoms with Crippen molar-refractivity contribution in [1.82, 2.24) is 15.5 Å². The number of halogens is 3. The second kappa shape index (κ2) is 9.98. The molecule has 2 N–H and O–H groups in total. The Morgan fingerprint density at radius 3 is 2.70 bits per heavy atom. The molecule has 2 amide bonds. The van der Waals surface area contributed by atoms with Crippen LogP contribution in [-0.4, -0.2) is 49.4 Å². The Morgan fingerprint density at radius 2 is 1.97 bits per heavy atom. The van der Waals surface area contributed by atoms with Crippen molar-refractivity contribution in [1.29, 1.82) is 0 Å². The summed E-state index contributed by atoms with van der Waals surface area (Å²) in [4.78, 5) is 26.4. The molecule has 1 atom stereocenters. The Balaban J connectivity index is 1.40. The Labute approximate surface area is 174 Å². The molecule has 5 nitrogen and oxygen atoms in total. The first kappa shape index (κ1) is 22.2. The molecule has 0 spiro atoms. The van der Waals surface area contributed by atoms with Gasteiger partial charge in [-0.3, -0.25) is 14.5 Å². The molecule has 1 saturated heterocycles. The summed E-state index contributed by atoms with van der Waals surface area (Å²) in [7, 11) is 0. The number of carbonyl (C=O) groups is 2. The van der Waals surface area contributed by atoms with E-state index in [1.807, 2.05) is 4.90 Å². The van der Waals surface area contributed by atoms with Crippen molar-refractivity contribution in [3.63, 3.8) is 0 Å². The van der Waals surface area contributed by atoms with E-state index in [1.165, 1.54) is 25.0 Å². The third-order valence-corrected chi connectivity index (χ3v) is 5.30. The number of piperidine rings is 1. The molecule has 0 bridgehead atoms. The van der Waals surface area contributed by atoms with Crippen LogP contribution in [0.4, 0.5) is 13.2 Å². The van der Waals surface area contributed by atoms with E-state index in [1.54, 1.807) is 0 Å². The van der Waals surface area contributed by atoms with Crippen molar-refractivity contribution < 1.29 is 22.8 Å². The topological polar surface area (TPSA) is 61.4 Å². The lowest BCUT2D eigenvalue weighted by molar-refractivity contribution is -0.137. The minimum atomic E-state index is -4.41. The van der Waals surface area contributed by atoms with Crippen LogP contribution >= 0.6 is 0 Å². The molecule has 1 saturated carbocycles. The molecular formula is C22H26F3N3O2. The Kier molecular flexibility index (Phi) is 7.38. The van der Waals surface area contributed by atoms with Crippen molar-refractivity contribution in [3.8, 4) is 11.8 Å². The molecular weight excluding hydrogens is 395 g/mol. The van der Waals surface area contributed by atoms with Gasteiger partial charge in [0.25, 0.3) is 0 Å². The van der Waals surface area contributed by atoms with Gasteiger partial charge in [0.15, 0.2) is 0 Å². The monoisotopic (exact) mass is 421 g/mol. The number of benzene rings is 1. The van der Waals surface area contributed by atoms with Gasteiger partial charge in [-0.15, -0.1) is 0 Å². The fraction of sp³-hybridized carbons (Fsp3) is 0.545. The predicted molar refractivity (Wildman–Crippen MR) is 106 cm³/mol. The molecule has 1 aliphatic heterocycles. The van der Waals surface area contributed by atoms with E-state index in [2.05, 4.69) is 22.5 Å². The molecule has 30 heavy (non-hydrogen) atoms. The fourth-order valence-electron chi connectivity index (χ4n) is 3.45. The highest BCUT2D eigenvalue weighted by molar-refractivity contribution is 5.80. The molecule has 1 unspecified atom stereocenters. The number of carbonyl (C=O) groups excluding carboxylic acids is 2. The van der Waals surface area contributed by atoms with E-state index < -0.39 is 11.7 Å². The first-order valence-corrected chi connectivity index (χ1v) is 10.2. The number of hydrogen-bond donors (Lipinski definition) is 2. The lowest BCUT2D eigenvalue weighted by Crippen LogP contribution is -2.46. The summed E-state index contributed by atoms with van der Waals surface area (Å²) in [6, 6.07) is 4.77. The van der Waals surface area contributed by atoms with Gasteiger partial charge in [-0.2, -0.15) is 13.2 Å². The normalized spacial score (nSPS) is 19.5. The number of likely N-dealkylation sites (tertiary alicyclic amines) is 1. The minimum Gasteiger partial charge on any atom is -0.356 e. The molecule has 162 valence electrons. The highest BCUT2D eigenvalue weighted by Gasteiger charge is 2.30. The number of nitrogens with one attached hydrogen (secondary N) is 2. The standard InChI is InChI=1S/C22H26F3N3O2/c23-22(24,25)19-7-1-4-16(12-19)5-2-10-26-20(29)15-28-11-3-6-18(14-28)21(30)27-13-17-8-9-17/h1,4,7,12,17-18H,3,6,8-11,13-15H2,(H,26,29)(H,27,30). The second-order valence-corrected chi connectivity index (χ2v) is 7.92. The van der Waals surface area contributed by atoms with Crippen LogP contribution in [0, 0.1) is 23.7 Å². The quantitative estimate of drug-likeness (QED) is 0.694. The molecule has 0 radical (unpaired) electrons. The number of alkyl halides is 3. The van der Waals surface area contributed by atoms with Gasteiger partial charge in [-0.05, 0) is 56.3 Å². The maximum atomic E-state index is 12.7. The maximum Gasteiger partial charge on any atom is 0.416 e. The summed E-state index contributed by atoms with van der Waals surface area (Å²) in [5.74, 6) is 5.71. The molecule has 1 heterocycles. The van der Waals surface area contributed by atoms with Gasteiger partial charge in [0.2, 0.25) is 11.8 Å². The summed E-state index contributed by atoms with van der Waals surface area (Å²) in [5, 5.41) is 5.66. The van der Waals surface area contributed by atoms with Gasteiger partial charge < -0.3 is 10.6 Å². The Hall–Kier alpha value is -2.53. The molecule has 1 aliphatic carbocycles. The Bertz CT molecular complexity index is 825. The molecule has 8 heteroatoms. The second-order valence-electron chi connectivity index (χ2n) is 7.92. The minimum absolute atomic E-state index is 0.0498. The van der Waals surface area contributed by atoms with Crippen LogP contribution in [0.1, 0.15) is 36.8 Å². The van der Waals surface area contributed by atoms with Crippen molar-refractivity contribution >= 4 is 11.8 Å². The third-order valence-electron chi connectivity index (χ3n) is 5.30. The lowest BCUT2D eigenvalue weighted by Gasteiger charge is -2.31. The highest BCUT2D eigenvalue weighted by atomic mass is 19.4. The van der Waals surface area contributed by atoms with Crippen LogP contribution in [0.5, 0.6) is 0 Å². The van der Waals surface area contributed by atoms with Crippen LogP contribution in [0.2, 0.25) is 0 Å². The summed E-state index contributed by atoms with van der Waals surface area (Å²) < 4.78 is 38.1. The van der Waals surface area contributed by atoms with E-state index in [-0.39, 0.29) is 36.4 Å². The summed E-state index contributed by atoms with van der Waals surface area (Å²) >= 11 is 0. The molecule has 3 rings (SSSR count). The fourth-order valence-corrected chi connectivity index (χ4v) is 3.45. The Morgan fingerprint density at radius 1 is 1.17 bits per heavy atom. The SMILES string of the molecule is O=C(CN1CCCC(C(=O)NCC2CC2)C1)NCC#Cc1cccc(C(F)(F)F)c1. The number of nitrogens with zero attached hydrogens (tertiary/aromatic N) is 1. The zero-order valence-electron chi connectivity index (χ0n) is 16.7. The summed E-state index contributed by atoms with van der Waals surface area (Å²) in [6.45, 7) is 2.29. The summed E-state index contributed by atoms with van der Waals surface area (Å²) in [6.07, 6.45) is -0.337. The van der Waals surface area contributed by atoms with Crippen molar-refractivity contribution in [3.05, 3.63) is 35.4 Å². The predicted octanol–water partition coefficient (Wildman–Crippen LogP) is 2.41. The lowest BCUT2D eigenvalue weighted by atomic mass is 9.97. The number of hydrogen-bond acceptors (Lipinski definition) is 3. The van der Waals surface area contributed by atoms with Gasteiger partial charge >= 0.3 is 6.18 Å². The average molecular weight is 421 g/mol. The van der Waals surface area contributed by atoms with Crippen molar-refractivity contribution in [2.45, 2.75) is 31.9 Å². The zero-order valence-corrected chi connectivity index (χ0v) is 16.7. The third kappa shape index (κ3) is 7.06. The molecule has 2 aliphatic rings. The van der Waals surface area contributed by atoms with Crippen LogP contribution in [0.25, 0.3) is 0 Å². The van der Waals surface area contributed by atoms with Gasteiger partial charge in [0.05, 0.1) is 24.6 Å². The highest BCUT2D eigenvalue weighted by Crippen LogP contribution is 2.29. The van der Waals surface area contributed by atoms with Crippen LogP contribution in [0.15, 0.2) is 24.3 Å². The first-order valence-electron chi connectivity index (χ1n) is 10.2. The number of rotatable bonds is 6. The maximum absolute atomic E-state index is 12.7. The molecule has 2 fully saturated rings. The van der Waals surface area contributed by atoms with Gasteiger partial charge in [0, 0.05) is 18.7 Å². The number of amides is 2. The van der Waals surface area contributed by atoms with E-state index >= 15 is 0 Å². The van der Waals surface area contributed by atoms with Gasteiger partial charge in [0.1, 0.15) is 0 Å². The van der Waals surface area contributed by atoms with E-state index in [0.29, 0.717) is 12.5 Å². The molecule has 1 aromatic rings.